The third-order valence-electron chi connectivity index (χ3n) is 8.16. The minimum absolute atomic E-state index is 0.102. The molecule has 0 spiro atoms. The van der Waals surface area contributed by atoms with Crippen molar-refractivity contribution in [1.82, 2.24) is 0 Å². The molecule has 2 saturated carbocycles. The second-order valence-corrected chi connectivity index (χ2v) is 10.6. The topological polar surface area (TPSA) is 26.3 Å². The van der Waals surface area contributed by atoms with Crippen molar-refractivity contribution in [1.29, 1.82) is 0 Å². The summed E-state index contributed by atoms with van der Waals surface area (Å²) in [4.78, 5) is 12.3. The highest BCUT2D eigenvalue weighted by molar-refractivity contribution is 5.91. The van der Waals surface area contributed by atoms with E-state index in [1.807, 2.05) is 0 Å². The van der Waals surface area contributed by atoms with E-state index in [1.165, 1.54) is 82.6 Å². The van der Waals surface area contributed by atoms with Gasteiger partial charge in [-0.05, 0) is 98.4 Å². The first-order chi connectivity index (χ1) is 16.3. The van der Waals surface area contributed by atoms with Crippen LogP contribution in [0.4, 0.5) is 13.2 Å². The second-order valence-electron chi connectivity index (χ2n) is 10.6. The summed E-state index contributed by atoms with van der Waals surface area (Å²) < 4.78 is 47.2. The number of rotatable bonds is 6. The van der Waals surface area contributed by atoms with E-state index in [0.717, 1.165) is 36.2 Å². The number of ether oxygens (including phenoxy) is 1. The first-order valence-electron chi connectivity index (χ1n) is 12.8. The third kappa shape index (κ3) is 5.84. The van der Waals surface area contributed by atoms with E-state index in [9.17, 15) is 18.0 Å². The van der Waals surface area contributed by atoms with Crippen molar-refractivity contribution in [3.05, 3.63) is 64.5 Å². The molecule has 2 aromatic carbocycles. The Bertz CT molecular complexity index is 1000. The second kappa shape index (κ2) is 11.0. The zero-order valence-electron chi connectivity index (χ0n) is 20.2. The van der Waals surface area contributed by atoms with Gasteiger partial charge in [0, 0.05) is 0 Å². The predicted molar refractivity (Wildman–Crippen MR) is 127 cm³/mol. The molecule has 0 saturated heterocycles. The highest BCUT2D eigenvalue weighted by Gasteiger charge is 2.30. The van der Waals surface area contributed by atoms with Gasteiger partial charge in [-0.15, -0.1) is 0 Å². The Hall–Kier alpha value is -2.30. The molecule has 2 aliphatic rings. The summed E-state index contributed by atoms with van der Waals surface area (Å²) in [6, 6.07) is 6.93. The Labute approximate surface area is 200 Å². The molecule has 2 aromatic rings. The van der Waals surface area contributed by atoms with E-state index in [2.05, 4.69) is 6.92 Å². The van der Waals surface area contributed by atoms with Crippen LogP contribution in [0.2, 0.25) is 0 Å². The molecule has 0 heterocycles. The first-order valence-corrected chi connectivity index (χ1v) is 12.8. The molecule has 2 aliphatic carbocycles. The SMILES string of the molecule is Cc1ccc(OC(=O)c2ccc(CCC3CCC(C4CCC(C)CC4)CC3)cc2F)c(F)c1F. The molecule has 184 valence electrons. The van der Waals surface area contributed by atoms with Crippen LogP contribution in [0, 0.1) is 48.0 Å². The number of hydrogen-bond acceptors (Lipinski definition) is 2. The highest BCUT2D eigenvalue weighted by atomic mass is 19.2. The van der Waals surface area contributed by atoms with E-state index in [1.54, 1.807) is 6.07 Å². The molecular formula is C29H35F3O2. The van der Waals surface area contributed by atoms with Crippen molar-refractivity contribution in [2.75, 3.05) is 0 Å². The summed E-state index contributed by atoms with van der Waals surface area (Å²) in [6.45, 7) is 3.78. The van der Waals surface area contributed by atoms with Gasteiger partial charge in [0.15, 0.2) is 11.6 Å². The molecule has 0 bridgehead atoms. The van der Waals surface area contributed by atoms with Crippen LogP contribution in [0.25, 0.3) is 0 Å². The zero-order chi connectivity index (χ0) is 24.2. The number of hydrogen-bond donors (Lipinski definition) is 0. The Morgan fingerprint density at radius 2 is 1.53 bits per heavy atom. The summed E-state index contributed by atoms with van der Waals surface area (Å²) >= 11 is 0. The van der Waals surface area contributed by atoms with Gasteiger partial charge in [0.25, 0.3) is 0 Å². The molecule has 0 aromatic heterocycles. The van der Waals surface area contributed by atoms with Gasteiger partial charge < -0.3 is 4.74 Å². The smallest absolute Gasteiger partial charge is 0.346 e. The quantitative estimate of drug-likeness (QED) is 0.313. The number of esters is 1. The Balaban J connectivity index is 1.27. The standard InChI is InChI=1S/C29H35F3O2/c1-18-3-11-22(12-4-18)23-13-8-20(9-14-23)6-7-21-10-15-24(25(30)17-21)29(33)34-26-16-5-19(2)27(31)28(26)32/h5,10,15-18,20,22-23H,3-4,6-9,11-14H2,1-2H3. The summed E-state index contributed by atoms with van der Waals surface area (Å²) in [5, 5.41) is 0. The molecule has 0 N–H and O–H groups in total. The molecule has 34 heavy (non-hydrogen) atoms. The van der Waals surface area contributed by atoms with E-state index >= 15 is 0 Å². The van der Waals surface area contributed by atoms with Crippen molar-refractivity contribution >= 4 is 5.97 Å². The maximum atomic E-state index is 14.6. The van der Waals surface area contributed by atoms with Gasteiger partial charge >= 0.3 is 5.97 Å². The summed E-state index contributed by atoms with van der Waals surface area (Å²) in [5.74, 6) is -1.25. The van der Waals surface area contributed by atoms with Crippen LogP contribution in [-0.4, -0.2) is 5.97 Å². The number of benzene rings is 2. The van der Waals surface area contributed by atoms with Crippen LogP contribution < -0.4 is 4.74 Å². The number of aryl methyl sites for hydroxylation is 2. The lowest BCUT2D eigenvalue weighted by atomic mass is 9.69. The highest BCUT2D eigenvalue weighted by Crippen LogP contribution is 2.42. The van der Waals surface area contributed by atoms with Gasteiger partial charge in [-0.1, -0.05) is 44.7 Å². The van der Waals surface area contributed by atoms with Crippen molar-refractivity contribution in [2.24, 2.45) is 23.7 Å². The number of carbonyl (C=O) groups excluding carboxylic acids is 1. The lowest BCUT2D eigenvalue weighted by Crippen LogP contribution is -2.25. The maximum Gasteiger partial charge on any atom is 0.346 e. The normalized spacial score (nSPS) is 25.2. The zero-order valence-corrected chi connectivity index (χ0v) is 20.2. The van der Waals surface area contributed by atoms with Crippen LogP contribution in [-0.2, 0) is 6.42 Å². The molecule has 4 rings (SSSR count). The van der Waals surface area contributed by atoms with Crippen molar-refractivity contribution in [3.63, 3.8) is 0 Å². The van der Waals surface area contributed by atoms with Crippen LogP contribution in [0.15, 0.2) is 30.3 Å². The Kier molecular flexibility index (Phi) is 8.00. The van der Waals surface area contributed by atoms with E-state index in [0.29, 0.717) is 5.92 Å². The predicted octanol–water partition coefficient (Wildman–Crippen LogP) is 8.20. The molecule has 0 radical (unpaired) electrons. The van der Waals surface area contributed by atoms with Gasteiger partial charge in [-0.2, -0.15) is 4.39 Å². The van der Waals surface area contributed by atoms with Gasteiger partial charge in [0.1, 0.15) is 5.82 Å². The average molecular weight is 473 g/mol. The van der Waals surface area contributed by atoms with Crippen molar-refractivity contribution < 1.29 is 22.7 Å². The maximum absolute atomic E-state index is 14.6. The van der Waals surface area contributed by atoms with Crippen LogP contribution >= 0.6 is 0 Å². The van der Waals surface area contributed by atoms with Gasteiger partial charge in [0.2, 0.25) is 5.82 Å². The largest absolute Gasteiger partial charge is 0.420 e. The molecule has 0 unspecified atom stereocenters. The molecule has 0 aliphatic heterocycles. The minimum Gasteiger partial charge on any atom is -0.420 e. The first kappa shape index (κ1) is 24.8. The summed E-state index contributed by atoms with van der Waals surface area (Å²) in [7, 11) is 0. The lowest BCUT2D eigenvalue weighted by Gasteiger charge is -2.37. The lowest BCUT2D eigenvalue weighted by molar-refractivity contribution is 0.0721. The third-order valence-corrected chi connectivity index (χ3v) is 8.16. The van der Waals surface area contributed by atoms with Gasteiger partial charge in [-0.25, -0.2) is 13.6 Å². The van der Waals surface area contributed by atoms with Crippen molar-refractivity contribution in [3.8, 4) is 5.75 Å². The van der Waals surface area contributed by atoms with Crippen molar-refractivity contribution in [2.45, 2.75) is 78.1 Å². The molecule has 2 fully saturated rings. The number of carbonyl (C=O) groups is 1. The summed E-state index contributed by atoms with van der Waals surface area (Å²) in [6.07, 6.45) is 12.5. The molecule has 0 amide bonds. The van der Waals surface area contributed by atoms with E-state index in [4.69, 9.17) is 4.74 Å². The van der Waals surface area contributed by atoms with E-state index in [-0.39, 0.29) is 11.1 Å². The van der Waals surface area contributed by atoms with Crippen LogP contribution in [0.1, 0.15) is 86.2 Å². The average Bonchev–Trinajstić information content (AvgIpc) is 2.84. The van der Waals surface area contributed by atoms with Gasteiger partial charge in [-0.3, -0.25) is 0 Å². The monoisotopic (exact) mass is 472 g/mol. The molecule has 5 heteroatoms. The Morgan fingerprint density at radius 1 is 0.882 bits per heavy atom. The fourth-order valence-corrected chi connectivity index (χ4v) is 5.82. The molecule has 0 atom stereocenters. The fourth-order valence-electron chi connectivity index (χ4n) is 5.82. The van der Waals surface area contributed by atoms with Crippen LogP contribution in [0.3, 0.4) is 0 Å². The summed E-state index contributed by atoms with van der Waals surface area (Å²) in [5.41, 5.74) is 0.654. The Morgan fingerprint density at radius 3 is 2.18 bits per heavy atom. The molecule has 2 nitrogen and oxygen atoms in total. The minimum atomic E-state index is -1.25. The van der Waals surface area contributed by atoms with Gasteiger partial charge in [0.05, 0.1) is 5.56 Å². The van der Waals surface area contributed by atoms with E-state index < -0.39 is 29.2 Å². The molecular weight excluding hydrogens is 437 g/mol. The number of halogens is 3. The fraction of sp³-hybridized carbons (Fsp3) is 0.552. The van der Waals surface area contributed by atoms with Crippen LogP contribution in [0.5, 0.6) is 5.75 Å².